The van der Waals surface area contributed by atoms with Crippen molar-refractivity contribution in [2.45, 2.75) is 11.0 Å². The fourth-order valence-corrected chi connectivity index (χ4v) is 2.31. The molecule has 0 radical (unpaired) electrons. The van der Waals surface area contributed by atoms with Gasteiger partial charge in [0.15, 0.2) is 6.10 Å². The number of nitrogens with one attached hydrogen (secondary N) is 1. The summed E-state index contributed by atoms with van der Waals surface area (Å²) < 4.78 is 38.0. The van der Waals surface area contributed by atoms with E-state index in [2.05, 4.69) is 0 Å². The van der Waals surface area contributed by atoms with Crippen LogP contribution >= 0.6 is 11.6 Å². The molecule has 3 N–H and O–H groups in total. The van der Waals surface area contributed by atoms with Crippen molar-refractivity contribution in [1.29, 1.82) is 0 Å². The van der Waals surface area contributed by atoms with Crippen LogP contribution in [0.3, 0.4) is 0 Å². The number of aliphatic hydroxyl groups is 1. The summed E-state index contributed by atoms with van der Waals surface area (Å²) in [6.45, 7) is -0.702. The van der Waals surface area contributed by atoms with Crippen molar-refractivity contribution < 1.29 is 27.8 Å². The highest BCUT2D eigenvalue weighted by Gasteiger charge is 2.20. The molecule has 0 amide bonds. The lowest BCUT2D eigenvalue weighted by atomic mass is 10.3. The summed E-state index contributed by atoms with van der Waals surface area (Å²) in [7, 11) is -4.05. The SMILES string of the molecule is O=C(O)[C@@H](O)CNS(=O)(=O)c1ccc(F)c(Cl)c1. The molecule has 18 heavy (non-hydrogen) atoms. The minimum Gasteiger partial charge on any atom is -0.479 e. The fourth-order valence-electron chi connectivity index (χ4n) is 1.00. The van der Waals surface area contributed by atoms with Crippen LogP contribution in [0.4, 0.5) is 4.39 Å². The van der Waals surface area contributed by atoms with Crippen LogP contribution in [0.1, 0.15) is 0 Å². The van der Waals surface area contributed by atoms with Gasteiger partial charge in [-0.2, -0.15) is 0 Å². The van der Waals surface area contributed by atoms with E-state index in [1.165, 1.54) is 0 Å². The van der Waals surface area contributed by atoms with Crippen molar-refractivity contribution in [3.05, 3.63) is 29.0 Å². The minimum absolute atomic E-state index is 0.327. The van der Waals surface area contributed by atoms with Crippen LogP contribution in [0.15, 0.2) is 23.1 Å². The predicted octanol–water partition coefficient (Wildman–Crippen LogP) is 0.203. The molecule has 100 valence electrons. The van der Waals surface area contributed by atoms with Crippen LogP contribution in [0.5, 0.6) is 0 Å². The van der Waals surface area contributed by atoms with Crippen LogP contribution in [0.25, 0.3) is 0 Å². The lowest BCUT2D eigenvalue weighted by Crippen LogP contribution is -2.36. The Labute approximate surface area is 107 Å². The third kappa shape index (κ3) is 3.64. The standard InChI is InChI=1S/C9H9ClFNO5S/c10-6-3-5(1-2-7(6)11)18(16,17)12-4-8(13)9(14)15/h1-3,8,12-13H,4H2,(H,14,15)/t8-/m0/s1. The van der Waals surface area contributed by atoms with E-state index >= 15 is 0 Å². The summed E-state index contributed by atoms with van der Waals surface area (Å²) in [5.74, 6) is -2.34. The summed E-state index contributed by atoms with van der Waals surface area (Å²) >= 11 is 5.42. The maximum Gasteiger partial charge on any atom is 0.333 e. The number of sulfonamides is 1. The molecule has 0 aliphatic heterocycles. The maximum atomic E-state index is 12.8. The van der Waals surface area contributed by atoms with Gasteiger partial charge in [-0.25, -0.2) is 22.3 Å². The van der Waals surface area contributed by atoms with Crippen molar-refractivity contribution in [3.63, 3.8) is 0 Å². The van der Waals surface area contributed by atoms with Crippen molar-refractivity contribution in [1.82, 2.24) is 4.72 Å². The number of hydrogen-bond donors (Lipinski definition) is 3. The molecule has 0 unspecified atom stereocenters. The topological polar surface area (TPSA) is 104 Å². The van der Waals surface area contributed by atoms with E-state index in [-0.39, 0.29) is 9.92 Å². The van der Waals surface area contributed by atoms with E-state index in [1.807, 2.05) is 4.72 Å². The molecule has 0 aliphatic rings. The Balaban J connectivity index is 2.87. The Morgan fingerprint density at radius 3 is 2.61 bits per heavy atom. The van der Waals surface area contributed by atoms with Gasteiger partial charge in [0, 0.05) is 6.54 Å². The second kappa shape index (κ2) is 5.61. The van der Waals surface area contributed by atoms with Crippen molar-refractivity contribution in [3.8, 4) is 0 Å². The van der Waals surface area contributed by atoms with Gasteiger partial charge in [-0.15, -0.1) is 0 Å². The molecule has 0 saturated carbocycles. The summed E-state index contributed by atoms with van der Waals surface area (Å²) in [5.41, 5.74) is 0. The molecule has 1 atom stereocenters. The first-order valence-electron chi connectivity index (χ1n) is 4.59. The number of hydrogen-bond acceptors (Lipinski definition) is 4. The molecule has 0 bridgehead atoms. The van der Waals surface area contributed by atoms with Gasteiger partial charge in [-0.3, -0.25) is 0 Å². The van der Waals surface area contributed by atoms with E-state index in [0.717, 1.165) is 18.2 Å². The molecule has 1 aromatic rings. The highest BCUT2D eigenvalue weighted by Crippen LogP contribution is 2.19. The number of aliphatic hydroxyl groups excluding tert-OH is 1. The zero-order chi connectivity index (χ0) is 13.9. The van der Waals surface area contributed by atoms with Gasteiger partial charge in [-0.1, -0.05) is 11.6 Å². The average molecular weight is 298 g/mol. The van der Waals surface area contributed by atoms with Crippen molar-refractivity contribution in [2.24, 2.45) is 0 Å². The monoisotopic (exact) mass is 297 g/mol. The molecular weight excluding hydrogens is 289 g/mol. The first kappa shape index (κ1) is 14.8. The summed E-state index contributed by atoms with van der Waals surface area (Å²) in [6.07, 6.45) is -1.87. The highest BCUT2D eigenvalue weighted by atomic mass is 35.5. The van der Waals surface area contributed by atoms with Crippen molar-refractivity contribution >= 4 is 27.6 Å². The average Bonchev–Trinajstić information content (AvgIpc) is 2.29. The van der Waals surface area contributed by atoms with Gasteiger partial charge >= 0.3 is 5.97 Å². The van der Waals surface area contributed by atoms with Crippen LogP contribution in [-0.4, -0.2) is 37.2 Å². The van der Waals surface area contributed by atoms with Crippen LogP contribution in [0.2, 0.25) is 5.02 Å². The Hall–Kier alpha value is -1.22. The molecule has 0 aromatic heterocycles. The molecule has 0 fully saturated rings. The molecule has 6 nitrogen and oxygen atoms in total. The number of halogens is 2. The Bertz CT molecular complexity index is 562. The van der Waals surface area contributed by atoms with E-state index in [9.17, 15) is 17.6 Å². The summed E-state index contributed by atoms with van der Waals surface area (Å²) in [5, 5.41) is 16.9. The van der Waals surface area contributed by atoms with Gasteiger partial charge in [0.05, 0.1) is 9.92 Å². The first-order chi connectivity index (χ1) is 8.24. The fraction of sp³-hybridized carbons (Fsp3) is 0.222. The van der Waals surface area contributed by atoms with E-state index < -0.39 is 34.5 Å². The van der Waals surface area contributed by atoms with Gasteiger partial charge in [0.25, 0.3) is 0 Å². The third-order valence-electron chi connectivity index (χ3n) is 1.95. The van der Waals surface area contributed by atoms with Gasteiger partial charge in [-0.05, 0) is 18.2 Å². The van der Waals surface area contributed by atoms with Gasteiger partial charge in [0.2, 0.25) is 10.0 Å². The predicted molar refractivity (Wildman–Crippen MR) is 60.2 cm³/mol. The molecule has 1 aromatic carbocycles. The van der Waals surface area contributed by atoms with Gasteiger partial charge < -0.3 is 10.2 Å². The largest absolute Gasteiger partial charge is 0.479 e. The zero-order valence-corrected chi connectivity index (χ0v) is 10.4. The molecule has 0 spiro atoms. The Kier molecular flexibility index (Phi) is 4.63. The molecule has 0 aliphatic carbocycles. The quantitative estimate of drug-likeness (QED) is 0.720. The minimum atomic E-state index is -4.05. The number of carbonyl (C=O) groups is 1. The maximum absolute atomic E-state index is 12.8. The Morgan fingerprint density at radius 2 is 2.11 bits per heavy atom. The summed E-state index contributed by atoms with van der Waals surface area (Å²) in [6, 6.07) is 2.72. The Morgan fingerprint density at radius 1 is 1.50 bits per heavy atom. The molecular formula is C9H9ClFNO5S. The number of rotatable bonds is 5. The molecule has 0 saturated heterocycles. The lowest BCUT2D eigenvalue weighted by molar-refractivity contribution is -0.146. The molecule has 0 heterocycles. The van der Waals surface area contributed by atoms with E-state index in [0.29, 0.717) is 0 Å². The normalized spacial score (nSPS) is 13.3. The third-order valence-corrected chi connectivity index (χ3v) is 3.66. The van der Waals surface area contributed by atoms with Crippen molar-refractivity contribution in [2.75, 3.05) is 6.54 Å². The number of carboxylic acids is 1. The molecule has 1 rings (SSSR count). The zero-order valence-electron chi connectivity index (χ0n) is 8.80. The summed E-state index contributed by atoms with van der Waals surface area (Å²) in [4.78, 5) is 9.97. The highest BCUT2D eigenvalue weighted by molar-refractivity contribution is 7.89. The first-order valence-corrected chi connectivity index (χ1v) is 6.46. The number of aliphatic carboxylic acids is 1. The van der Waals surface area contributed by atoms with Crippen LogP contribution < -0.4 is 4.72 Å². The smallest absolute Gasteiger partial charge is 0.333 e. The second-order valence-corrected chi connectivity index (χ2v) is 5.46. The van der Waals surface area contributed by atoms with Crippen LogP contribution in [0, 0.1) is 5.82 Å². The van der Waals surface area contributed by atoms with Crippen LogP contribution in [-0.2, 0) is 14.8 Å². The molecule has 9 heteroatoms. The lowest BCUT2D eigenvalue weighted by Gasteiger charge is -2.09. The number of benzene rings is 1. The van der Waals surface area contributed by atoms with Gasteiger partial charge in [0.1, 0.15) is 5.82 Å². The number of carboxylic acid groups (broad SMARTS) is 1. The second-order valence-electron chi connectivity index (χ2n) is 3.28. The van der Waals surface area contributed by atoms with E-state index in [4.69, 9.17) is 21.8 Å². The van der Waals surface area contributed by atoms with E-state index in [1.54, 1.807) is 0 Å².